The third-order valence-corrected chi connectivity index (χ3v) is 5.89. The summed E-state index contributed by atoms with van der Waals surface area (Å²) in [6.07, 6.45) is 5.50. The molecule has 21 heavy (non-hydrogen) atoms. The van der Waals surface area contributed by atoms with E-state index in [1.807, 2.05) is 0 Å². The summed E-state index contributed by atoms with van der Waals surface area (Å²) in [4.78, 5) is 2.64. The van der Waals surface area contributed by atoms with Gasteiger partial charge in [-0.2, -0.15) is 0 Å². The molecule has 0 aliphatic carbocycles. The summed E-state index contributed by atoms with van der Waals surface area (Å²) in [5.41, 5.74) is 3.46. The largest absolute Gasteiger partial charge is 0.316 e. The Morgan fingerprint density at radius 3 is 2.71 bits per heavy atom. The predicted octanol–water partition coefficient (Wildman–Crippen LogP) is 3.56. The molecule has 2 atom stereocenters. The maximum absolute atomic E-state index is 3.65. The summed E-state index contributed by atoms with van der Waals surface area (Å²) in [5.74, 6) is 0.698. The number of piperidine rings is 1. The monoisotopic (exact) mass is 286 g/mol. The zero-order valence-corrected chi connectivity index (χ0v) is 13.7. The van der Waals surface area contributed by atoms with Crippen molar-refractivity contribution in [1.82, 2.24) is 10.2 Å². The average molecular weight is 286 g/mol. The molecule has 2 nitrogen and oxygen atoms in total. The summed E-state index contributed by atoms with van der Waals surface area (Å²) in [5, 5.41) is 3.65. The van der Waals surface area contributed by atoms with E-state index in [2.05, 4.69) is 48.3 Å². The zero-order chi connectivity index (χ0) is 14.7. The van der Waals surface area contributed by atoms with Crippen LogP contribution in [0, 0.1) is 12.3 Å². The molecule has 116 valence electrons. The standard InChI is InChI=1S/C19H30N2/c1-3-21-13-4-9-19(11-14-21)10-12-20-15-18(19)17-7-5-16(2)6-8-17/h5-8,18,20H,3-4,9-15H2,1-2H3. The van der Waals surface area contributed by atoms with Crippen LogP contribution in [0.1, 0.15) is 49.7 Å². The Hall–Kier alpha value is -0.860. The summed E-state index contributed by atoms with van der Waals surface area (Å²) < 4.78 is 0. The Bertz CT molecular complexity index is 453. The molecule has 3 rings (SSSR count). The lowest BCUT2D eigenvalue weighted by Crippen LogP contribution is -2.44. The molecule has 0 saturated carbocycles. The molecule has 0 radical (unpaired) electrons. The van der Waals surface area contributed by atoms with Crippen LogP contribution in [0.15, 0.2) is 24.3 Å². The molecular formula is C19H30N2. The zero-order valence-electron chi connectivity index (χ0n) is 13.7. The van der Waals surface area contributed by atoms with Crippen molar-refractivity contribution in [3.63, 3.8) is 0 Å². The maximum Gasteiger partial charge on any atom is 0.00255 e. The normalized spacial score (nSPS) is 31.2. The van der Waals surface area contributed by atoms with Gasteiger partial charge in [0.15, 0.2) is 0 Å². The molecule has 1 aromatic rings. The van der Waals surface area contributed by atoms with Crippen molar-refractivity contribution < 1.29 is 0 Å². The second-order valence-corrected chi connectivity index (χ2v) is 7.07. The first-order valence-corrected chi connectivity index (χ1v) is 8.73. The van der Waals surface area contributed by atoms with Crippen molar-refractivity contribution in [2.75, 3.05) is 32.7 Å². The van der Waals surface area contributed by atoms with Gasteiger partial charge in [0.2, 0.25) is 0 Å². The Kier molecular flexibility index (Phi) is 4.66. The molecule has 2 aliphatic heterocycles. The Balaban J connectivity index is 1.84. The van der Waals surface area contributed by atoms with E-state index in [0.29, 0.717) is 11.3 Å². The van der Waals surface area contributed by atoms with Gasteiger partial charge in [-0.15, -0.1) is 0 Å². The fourth-order valence-corrected chi connectivity index (χ4v) is 4.43. The number of hydrogen-bond acceptors (Lipinski definition) is 2. The highest BCUT2D eigenvalue weighted by Crippen LogP contribution is 2.48. The molecule has 2 heterocycles. The number of aryl methyl sites for hydroxylation is 1. The van der Waals surface area contributed by atoms with Gasteiger partial charge < -0.3 is 10.2 Å². The molecule has 1 aromatic carbocycles. The lowest BCUT2D eigenvalue weighted by atomic mass is 9.64. The molecule has 0 amide bonds. The Morgan fingerprint density at radius 2 is 1.95 bits per heavy atom. The van der Waals surface area contributed by atoms with Gasteiger partial charge in [-0.25, -0.2) is 0 Å². The van der Waals surface area contributed by atoms with Crippen LogP contribution in [0.4, 0.5) is 0 Å². The second-order valence-electron chi connectivity index (χ2n) is 7.07. The van der Waals surface area contributed by atoms with E-state index < -0.39 is 0 Å². The van der Waals surface area contributed by atoms with Crippen molar-refractivity contribution in [1.29, 1.82) is 0 Å². The summed E-state index contributed by atoms with van der Waals surface area (Å²) in [7, 11) is 0. The molecule has 2 saturated heterocycles. The number of rotatable bonds is 2. The average Bonchev–Trinajstić information content (AvgIpc) is 2.72. The third kappa shape index (κ3) is 3.17. The third-order valence-electron chi connectivity index (χ3n) is 5.89. The van der Waals surface area contributed by atoms with Crippen molar-refractivity contribution in [3.05, 3.63) is 35.4 Å². The van der Waals surface area contributed by atoms with Crippen molar-refractivity contribution in [3.8, 4) is 0 Å². The first-order valence-electron chi connectivity index (χ1n) is 8.73. The lowest BCUT2D eigenvalue weighted by molar-refractivity contribution is 0.135. The fraction of sp³-hybridized carbons (Fsp3) is 0.684. The molecule has 2 fully saturated rings. The van der Waals surface area contributed by atoms with E-state index in [4.69, 9.17) is 0 Å². The number of benzene rings is 1. The molecule has 1 spiro atoms. The number of nitrogens with one attached hydrogen (secondary N) is 1. The predicted molar refractivity (Wildman–Crippen MR) is 89.8 cm³/mol. The maximum atomic E-state index is 3.65. The van der Waals surface area contributed by atoms with E-state index >= 15 is 0 Å². The molecule has 1 N–H and O–H groups in total. The van der Waals surface area contributed by atoms with Gasteiger partial charge >= 0.3 is 0 Å². The Morgan fingerprint density at radius 1 is 1.14 bits per heavy atom. The minimum Gasteiger partial charge on any atom is -0.316 e. The van der Waals surface area contributed by atoms with Crippen LogP contribution in [0.3, 0.4) is 0 Å². The molecular weight excluding hydrogens is 256 g/mol. The van der Waals surface area contributed by atoms with Gasteiger partial charge in [-0.3, -0.25) is 0 Å². The van der Waals surface area contributed by atoms with E-state index in [-0.39, 0.29) is 0 Å². The van der Waals surface area contributed by atoms with Crippen LogP contribution < -0.4 is 5.32 Å². The number of likely N-dealkylation sites (tertiary alicyclic amines) is 1. The van der Waals surface area contributed by atoms with Gasteiger partial charge in [-0.05, 0) is 69.8 Å². The smallest absolute Gasteiger partial charge is 0.00255 e. The summed E-state index contributed by atoms with van der Waals surface area (Å²) in [6.45, 7) is 10.7. The number of hydrogen-bond donors (Lipinski definition) is 1. The quantitative estimate of drug-likeness (QED) is 0.894. The van der Waals surface area contributed by atoms with Crippen molar-refractivity contribution in [2.24, 2.45) is 5.41 Å². The number of nitrogens with zero attached hydrogens (tertiary/aromatic N) is 1. The van der Waals surface area contributed by atoms with E-state index in [1.54, 1.807) is 5.56 Å². The first kappa shape index (κ1) is 15.1. The second kappa shape index (κ2) is 6.50. The van der Waals surface area contributed by atoms with Gasteiger partial charge in [0.05, 0.1) is 0 Å². The fourth-order valence-electron chi connectivity index (χ4n) is 4.43. The molecule has 2 unspecified atom stereocenters. The van der Waals surface area contributed by atoms with Crippen LogP contribution in [0.5, 0.6) is 0 Å². The van der Waals surface area contributed by atoms with Crippen LogP contribution in [0.2, 0.25) is 0 Å². The molecule has 0 bridgehead atoms. The summed E-state index contributed by atoms with van der Waals surface area (Å²) >= 11 is 0. The van der Waals surface area contributed by atoms with Gasteiger partial charge in [0.1, 0.15) is 0 Å². The molecule has 2 aliphatic rings. The highest BCUT2D eigenvalue weighted by atomic mass is 15.1. The molecule has 0 aromatic heterocycles. The van der Waals surface area contributed by atoms with Crippen molar-refractivity contribution in [2.45, 2.75) is 45.4 Å². The van der Waals surface area contributed by atoms with Crippen LogP contribution in [-0.4, -0.2) is 37.6 Å². The topological polar surface area (TPSA) is 15.3 Å². The van der Waals surface area contributed by atoms with Crippen molar-refractivity contribution >= 4 is 0 Å². The summed E-state index contributed by atoms with van der Waals surface area (Å²) in [6, 6.07) is 9.31. The van der Waals surface area contributed by atoms with Gasteiger partial charge in [0.25, 0.3) is 0 Å². The minimum atomic E-state index is 0.532. The van der Waals surface area contributed by atoms with Crippen LogP contribution >= 0.6 is 0 Å². The highest BCUT2D eigenvalue weighted by molar-refractivity contribution is 5.27. The highest BCUT2D eigenvalue weighted by Gasteiger charge is 2.41. The Labute approximate surface area is 129 Å². The molecule has 2 heteroatoms. The van der Waals surface area contributed by atoms with Crippen LogP contribution in [0.25, 0.3) is 0 Å². The van der Waals surface area contributed by atoms with E-state index in [9.17, 15) is 0 Å². The SMILES string of the molecule is CCN1CCCC2(CCNCC2c2ccc(C)cc2)CC1. The lowest BCUT2D eigenvalue weighted by Gasteiger charge is -2.45. The van der Waals surface area contributed by atoms with Gasteiger partial charge in [0, 0.05) is 12.5 Å². The van der Waals surface area contributed by atoms with E-state index in [1.165, 1.54) is 57.4 Å². The van der Waals surface area contributed by atoms with Crippen LogP contribution in [-0.2, 0) is 0 Å². The van der Waals surface area contributed by atoms with Gasteiger partial charge in [-0.1, -0.05) is 36.8 Å². The first-order chi connectivity index (χ1) is 10.2. The minimum absolute atomic E-state index is 0.532. The van der Waals surface area contributed by atoms with E-state index in [0.717, 1.165) is 6.54 Å².